The van der Waals surface area contributed by atoms with Crippen molar-refractivity contribution in [3.8, 4) is 0 Å². The molecule has 0 bridgehead atoms. The Morgan fingerprint density at radius 2 is 1.89 bits per heavy atom. The summed E-state index contributed by atoms with van der Waals surface area (Å²) in [7, 11) is 0. The van der Waals surface area contributed by atoms with Crippen LogP contribution in [0.25, 0.3) is 0 Å². The van der Waals surface area contributed by atoms with Crippen LogP contribution < -0.4 is 5.32 Å². The Balaban J connectivity index is 1.73. The van der Waals surface area contributed by atoms with E-state index in [1.165, 1.54) is 38.5 Å². The van der Waals surface area contributed by atoms with Gasteiger partial charge in [-0.3, -0.25) is 4.79 Å². The molecule has 19 heavy (non-hydrogen) atoms. The van der Waals surface area contributed by atoms with Crippen molar-refractivity contribution >= 4 is 5.91 Å². The summed E-state index contributed by atoms with van der Waals surface area (Å²) < 4.78 is 0. The van der Waals surface area contributed by atoms with E-state index >= 15 is 0 Å². The molecule has 1 atom stereocenters. The van der Waals surface area contributed by atoms with Crippen LogP contribution in [0.2, 0.25) is 0 Å². The summed E-state index contributed by atoms with van der Waals surface area (Å²) in [6.07, 6.45) is 9.43. The van der Waals surface area contributed by atoms with Gasteiger partial charge in [0.1, 0.15) is 0 Å². The Kier molecular flexibility index (Phi) is 5.68. The first-order valence-corrected chi connectivity index (χ1v) is 8.19. The third-order valence-corrected chi connectivity index (χ3v) is 4.65. The fourth-order valence-electron chi connectivity index (χ4n) is 3.43. The molecule has 1 aliphatic heterocycles. The Hall–Kier alpha value is -0.570. The van der Waals surface area contributed by atoms with Gasteiger partial charge in [-0.2, -0.15) is 0 Å². The molecule has 1 N–H and O–H groups in total. The lowest BCUT2D eigenvalue weighted by molar-refractivity contribution is -0.135. The zero-order valence-electron chi connectivity index (χ0n) is 12.7. The lowest BCUT2D eigenvalue weighted by Gasteiger charge is -2.35. The van der Waals surface area contributed by atoms with Crippen LogP contribution in [0.15, 0.2) is 0 Å². The van der Waals surface area contributed by atoms with E-state index in [1.54, 1.807) is 0 Å². The number of piperidine rings is 1. The van der Waals surface area contributed by atoms with Crippen molar-refractivity contribution < 1.29 is 4.79 Å². The van der Waals surface area contributed by atoms with Gasteiger partial charge in [0, 0.05) is 25.0 Å². The average molecular weight is 266 g/mol. The number of carbonyl (C=O) groups is 1. The molecule has 3 nitrogen and oxygen atoms in total. The van der Waals surface area contributed by atoms with Crippen LogP contribution in [0.3, 0.4) is 0 Å². The zero-order chi connectivity index (χ0) is 13.7. The zero-order valence-corrected chi connectivity index (χ0v) is 12.7. The number of likely N-dealkylation sites (tertiary alicyclic amines) is 1. The Labute approximate surface area is 118 Å². The van der Waals surface area contributed by atoms with E-state index in [4.69, 9.17) is 0 Å². The first-order valence-electron chi connectivity index (χ1n) is 8.19. The van der Waals surface area contributed by atoms with E-state index in [1.807, 2.05) is 13.8 Å². The number of carbonyl (C=O) groups excluding carboxylic acids is 1. The van der Waals surface area contributed by atoms with E-state index in [-0.39, 0.29) is 5.92 Å². The molecule has 1 saturated heterocycles. The van der Waals surface area contributed by atoms with Crippen molar-refractivity contribution in [2.45, 2.75) is 64.8 Å². The molecule has 3 heteroatoms. The summed E-state index contributed by atoms with van der Waals surface area (Å²) in [6, 6.07) is 0.526. The van der Waals surface area contributed by atoms with Crippen LogP contribution in [-0.4, -0.2) is 36.5 Å². The van der Waals surface area contributed by atoms with Gasteiger partial charge in [-0.25, -0.2) is 0 Å². The van der Waals surface area contributed by atoms with Gasteiger partial charge in [-0.15, -0.1) is 0 Å². The highest BCUT2D eigenvalue weighted by atomic mass is 16.2. The largest absolute Gasteiger partial charge is 0.341 e. The number of nitrogens with one attached hydrogen (secondary N) is 1. The fourth-order valence-corrected chi connectivity index (χ4v) is 3.43. The molecule has 0 spiro atoms. The number of amides is 1. The van der Waals surface area contributed by atoms with Crippen molar-refractivity contribution in [3.63, 3.8) is 0 Å². The second-order valence-electron chi connectivity index (χ2n) is 6.69. The lowest BCUT2D eigenvalue weighted by Crippen LogP contribution is -2.50. The minimum absolute atomic E-state index is 0.136. The molecule has 1 unspecified atom stereocenters. The normalized spacial score (nSPS) is 25.8. The molecule has 1 aliphatic carbocycles. The van der Waals surface area contributed by atoms with Crippen LogP contribution in [0.5, 0.6) is 0 Å². The summed E-state index contributed by atoms with van der Waals surface area (Å²) >= 11 is 0. The molecule has 0 aromatic heterocycles. The van der Waals surface area contributed by atoms with E-state index < -0.39 is 0 Å². The molecule has 0 aromatic rings. The van der Waals surface area contributed by atoms with Gasteiger partial charge < -0.3 is 10.2 Å². The standard InChI is InChI=1S/C16H30N2O/c1-13(2)16(19)18-10-6-9-15(12-18)17-11-14-7-4-3-5-8-14/h13-15,17H,3-12H2,1-2H3. The lowest BCUT2D eigenvalue weighted by atomic mass is 9.89. The molecule has 0 aromatic carbocycles. The molecular weight excluding hydrogens is 236 g/mol. The van der Waals surface area contributed by atoms with Crippen LogP contribution >= 0.6 is 0 Å². The average Bonchev–Trinajstić information content (AvgIpc) is 2.45. The number of hydrogen-bond acceptors (Lipinski definition) is 2. The second kappa shape index (κ2) is 7.28. The maximum absolute atomic E-state index is 12.0. The van der Waals surface area contributed by atoms with E-state index in [2.05, 4.69) is 10.2 Å². The molecule has 1 saturated carbocycles. The summed E-state index contributed by atoms with van der Waals surface area (Å²) in [6.45, 7) is 7.04. The highest BCUT2D eigenvalue weighted by Gasteiger charge is 2.25. The van der Waals surface area contributed by atoms with Gasteiger partial charge >= 0.3 is 0 Å². The van der Waals surface area contributed by atoms with Crippen LogP contribution in [-0.2, 0) is 4.79 Å². The van der Waals surface area contributed by atoms with Crippen LogP contribution in [0, 0.1) is 11.8 Å². The smallest absolute Gasteiger partial charge is 0.225 e. The maximum Gasteiger partial charge on any atom is 0.225 e. The molecule has 110 valence electrons. The minimum atomic E-state index is 0.136. The highest BCUT2D eigenvalue weighted by molar-refractivity contribution is 5.78. The number of hydrogen-bond donors (Lipinski definition) is 1. The van der Waals surface area contributed by atoms with Crippen molar-refractivity contribution in [3.05, 3.63) is 0 Å². The predicted octanol–water partition coefficient (Wildman–Crippen LogP) is 2.80. The third-order valence-electron chi connectivity index (χ3n) is 4.65. The summed E-state index contributed by atoms with van der Waals surface area (Å²) in [5.74, 6) is 1.34. The molecular formula is C16H30N2O. The second-order valence-corrected chi connectivity index (χ2v) is 6.69. The first kappa shape index (κ1) is 14.8. The highest BCUT2D eigenvalue weighted by Crippen LogP contribution is 2.23. The van der Waals surface area contributed by atoms with Crippen LogP contribution in [0.1, 0.15) is 58.8 Å². The summed E-state index contributed by atoms with van der Waals surface area (Å²) in [5.41, 5.74) is 0. The summed E-state index contributed by atoms with van der Waals surface area (Å²) in [4.78, 5) is 14.1. The Morgan fingerprint density at radius 1 is 1.16 bits per heavy atom. The maximum atomic E-state index is 12.0. The number of nitrogens with zero attached hydrogens (tertiary/aromatic N) is 1. The third kappa shape index (κ3) is 4.48. The SMILES string of the molecule is CC(C)C(=O)N1CCCC(NCC2CCCCC2)C1. The molecule has 2 aliphatic rings. The van der Waals surface area contributed by atoms with E-state index in [9.17, 15) is 4.79 Å². The Morgan fingerprint density at radius 3 is 2.58 bits per heavy atom. The van der Waals surface area contributed by atoms with Crippen molar-refractivity contribution in [2.75, 3.05) is 19.6 Å². The molecule has 1 heterocycles. The molecule has 0 radical (unpaired) electrons. The van der Waals surface area contributed by atoms with E-state index in [0.717, 1.165) is 32.0 Å². The van der Waals surface area contributed by atoms with Crippen molar-refractivity contribution in [1.82, 2.24) is 10.2 Å². The molecule has 1 amide bonds. The van der Waals surface area contributed by atoms with E-state index in [0.29, 0.717) is 11.9 Å². The molecule has 2 fully saturated rings. The Bertz CT molecular complexity index is 284. The summed E-state index contributed by atoms with van der Waals surface area (Å²) in [5, 5.41) is 3.72. The van der Waals surface area contributed by atoms with Gasteiger partial charge in [-0.05, 0) is 38.1 Å². The topological polar surface area (TPSA) is 32.3 Å². The van der Waals surface area contributed by atoms with Crippen LogP contribution in [0.4, 0.5) is 0 Å². The molecule has 2 rings (SSSR count). The fraction of sp³-hybridized carbons (Fsp3) is 0.938. The first-order chi connectivity index (χ1) is 9.16. The van der Waals surface area contributed by atoms with Gasteiger partial charge in [-0.1, -0.05) is 33.1 Å². The van der Waals surface area contributed by atoms with Gasteiger partial charge in [0.15, 0.2) is 0 Å². The predicted molar refractivity (Wildman–Crippen MR) is 79.0 cm³/mol. The van der Waals surface area contributed by atoms with Gasteiger partial charge in [0.25, 0.3) is 0 Å². The number of rotatable bonds is 4. The van der Waals surface area contributed by atoms with Gasteiger partial charge in [0.2, 0.25) is 5.91 Å². The van der Waals surface area contributed by atoms with Gasteiger partial charge in [0.05, 0.1) is 0 Å². The van der Waals surface area contributed by atoms with Crippen molar-refractivity contribution in [2.24, 2.45) is 11.8 Å². The van der Waals surface area contributed by atoms with Crippen molar-refractivity contribution in [1.29, 1.82) is 0 Å². The minimum Gasteiger partial charge on any atom is -0.341 e. The quantitative estimate of drug-likeness (QED) is 0.848. The monoisotopic (exact) mass is 266 g/mol.